The Labute approximate surface area is 125 Å². The second kappa shape index (κ2) is 6.48. The number of carbonyl (C=O) groups excluding carboxylic acids is 2. The van der Waals surface area contributed by atoms with Crippen LogP contribution in [0.25, 0.3) is 0 Å². The molecule has 4 nitrogen and oxygen atoms in total. The van der Waals surface area contributed by atoms with Crippen LogP contribution < -0.4 is 5.32 Å². The van der Waals surface area contributed by atoms with E-state index in [-0.39, 0.29) is 23.9 Å². The number of nitrogens with one attached hydrogen (secondary N) is 1. The monoisotopic (exact) mass is 296 g/mol. The van der Waals surface area contributed by atoms with E-state index < -0.39 is 0 Å². The summed E-state index contributed by atoms with van der Waals surface area (Å²) in [6.07, 6.45) is 7.15. The highest BCUT2D eigenvalue weighted by atomic mass is 32.2. The van der Waals surface area contributed by atoms with E-state index >= 15 is 0 Å². The smallest absolute Gasteiger partial charge is 0.247 e. The highest BCUT2D eigenvalue weighted by molar-refractivity contribution is 7.99. The van der Waals surface area contributed by atoms with E-state index in [1.165, 1.54) is 24.3 Å². The van der Waals surface area contributed by atoms with Gasteiger partial charge in [-0.2, -0.15) is 11.8 Å². The van der Waals surface area contributed by atoms with Gasteiger partial charge in [0.1, 0.15) is 0 Å². The van der Waals surface area contributed by atoms with Crippen molar-refractivity contribution in [3.63, 3.8) is 0 Å². The van der Waals surface area contributed by atoms with E-state index in [1.807, 2.05) is 11.8 Å². The van der Waals surface area contributed by atoms with Gasteiger partial charge in [0.05, 0.1) is 12.5 Å². The van der Waals surface area contributed by atoms with Gasteiger partial charge in [0.15, 0.2) is 0 Å². The number of likely N-dealkylation sites (tertiary alicyclic amines) is 1. The molecule has 0 aromatic carbocycles. The fraction of sp³-hybridized carbons (Fsp3) is 0.867. The molecule has 1 saturated carbocycles. The Bertz CT molecular complexity index is 376. The molecule has 2 amide bonds. The number of hydrogen-bond donors (Lipinski definition) is 1. The first-order valence-corrected chi connectivity index (χ1v) is 9.08. The summed E-state index contributed by atoms with van der Waals surface area (Å²) in [6.45, 7) is 0.892. The largest absolute Gasteiger partial charge is 0.305 e. The van der Waals surface area contributed by atoms with Gasteiger partial charge in [0, 0.05) is 6.04 Å². The zero-order valence-corrected chi connectivity index (χ0v) is 12.8. The summed E-state index contributed by atoms with van der Waals surface area (Å²) >= 11 is 2.02. The van der Waals surface area contributed by atoms with Crippen LogP contribution in [0.15, 0.2) is 0 Å². The van der Waals surface area contributed by atoms with Gasteiger partial charge in [-0.3, -0.25) is 14.5 Å². The molecule has 0 spiro atoms. The Morgan fingerprint density at radius 2 is 1.80 bits per heavy atom. The average Bonchev–Trinajstić information content (AvgIpc) is 3.06. The lowest BCUT2D eigenvalue weighted by Crippen LogP contribution is -2.44. The van der Waals surface area contributed by atoms with E-state index in [4.69, 9.17) is 0 Å². The minimum Gasteiger partial charge on any atom is -0.305 e. The molecule has 1 atom stereocenters. The van der Waals surface area contributed by atoms with Gasteiger partial charge in [0.2, 0.25) is 11.8 Å². The summed E-state index contributed by atoms with van der Waals surface area (Å²) in [5.41, 5.74) is 0. The van der Waals surface area contributed by atoms with Crippen LogP contribution in [0.1, 0.15) is 44.9 Å². The van der Waals surface area contributed by atoms with Gasteiger partial charge < -0.3 is 5.32 Å². The van der Waals surface area contributed by atoms with Gasteiger partial charge >= 0.3 is 0 Å². The highest BCUT2D eigenvalue weighted by Gasteiger charge is 2.42. The Morgan fingerprint density at radius 3 is 2.50 bits per heavy atom. The maximum Gasteiger partial charge on any atom is 0.247 e. The second-order valence-electron chi connectivity index (χ2n) is 6.26. The van der Waals surface area contributed by atoms with Crippen LogP contribution in [0.4, 0.5) is 0 Å². The molecule has 0 radical (unpaired) electrons. The first-order chi connectivity index (χ1) is 9.75. The van der Waals surface area contributed by atoms with Gasteiger partial charge in [-0.25, -0.2) is 0 Å². The predicted octanol–water partition coefficient (Wildman–Crippen LogP) is 1.79. The molecule has 0 aromatic rings. The van der Waals surface area contributed by atoms with Crippen molar-refractivity contribution in [2.45, 2.75) is 57.0 Å². The van der Waals surface area contributed by atoms with Crippen molar-refractivity contribution in [3.05, 3.63) is 0 Å². The topological polar surface area (TPSA) is 49.4 Å². The molecule has 3 rings (SSSR count). The van der Waals surface area contributed by atoms with Gasteiger partial charge in [-0.15, -0.1) is 0 Å². The van der Waals surface area contributed by atoms with Crippen molar-refractivity contribution >= 4 is 23.6 Å². The summed E-state index contributed by atoms with van der Waals surface area (Å²) in [4.78, 5) is 26.1. The number of nitrogens with zero attached hydrogens (tertiary/aromatic N) is 1. The number of amides is 2. The number of rotatable bonds is 4. The third-order valence-corrected chi connectivity index (χ3v) is 5.92. The summed E-state index contributed by atoms with van der Waals surface area (Å²) in [7, 11) is 0. The third-order valence-electron chi connectivity index (χ3n) is 4.87. The number of thioether (sulfide) groups is 1. The summed E-state index contributed by atoms with van der Waals surface area (Å²) in [5, 5.41) is 3.36. The van der Waals surface area contributed by atoms with Gasteiger partial charge in [0.25, 0.3) is 0 Å². The number of carbonyl (C=O) groups is 2. The van der Waals surface area contributed by atoms with E-state index in [9.17, 15) is 9.59 Å². The molecule has 3 aliphatic rings. The molecule has 1 unspecified atom stereocenters. The van der Waals surface area contributed by atoms with Crippen molar-refractivity contribution in [2.75, 3.05) is 18.1 Å². The average molecular weight is 296 g/mol. The van der Waals surface area contributed by atoms with E-state index in [0.717, 1.165) is 32.2 Å². The van der Waals surface area contributed by atoms with Crippen LogP contribution in [0.5, 0.6) is 0 Å². The Balaban J connectivity index is 1.52. The minimum atomic E-state index is -0.252. The van der Waals surface area contributed by atoms with Crippen LogP contribution in [0.3, 0.4) is 0 Å². The summed E-state index contributed by atoms with van der Waals surface area (Å²) in [6, 6.07) is -0.0643. The Morgan fingerprint density at radius 1 is 1.10 bits per heavy atom. The Kier molecular flexibility index (Phi) is 4.66. The lowest BCUT2D eigenvalue weighted by molar-refractivity contribution is -0.141. The number of imide groups is 1. The SMILES string of the molecule is O=C1CC(NCC2CCSCC2)C(=O)N1C1CCCC1. The van der Waals surface area contributed by atoms with E-state index in [0.29, 0.717) is 12.3 Å². The van der Waals surface area contributed by atoms with Gasteiger partial charge in [-0.1, -0.05) is 12.8 Å². The van der Waals surface area contributed by atoms with Crippen molar-refractivity contribution in [2.24, 2.45) is 5.92 Å². The van der Waals surface area contributed by atoms with Crippen LogP contribution in [-0.2, 0) is 9.59 Å². The van der Waals surface area contributed by atoms with Crippen LogP contribution in [-0.4, -0.2) is 46.8 Å². The van der Waals surface area contributed by atoms with E-state index in [2.05, 4.69) is 5.32 Å². The Hall–Kier alpha value is -0.550. The zero-order chi connectivity index (χ0) is 13.9. The quantitative estimate of drug-likeness (QED) is 0.804. The van der Waals surface area contributed by atoms with Crippen LogP contribution in [0.2, 0.25) is 0 Å². The lowest BCUT2D eigenvalue weighted by atomic mass is 10.0. The van der Waals surface area contributed by atoms with Crippen LogP contribution in [0, 0.1) is 5.92 Å². The maximum absolute atomic E-state index is 12.4. The lowest BCUT2D eigenvalue weighted by Gasteiger charge is -2.24. The van der Waals surface area contributed by atoms with Crippen molar-refractivity contribution in [3.8, 4) is 0 Å². The first kappa shape index (κ1) is 14.4. The molecule has 1 N–H and O–H groups in total. The normalized spacial score (nSPS) is 29.6. The summed E-state index contributed by atoms with van der Waals surface area (Å²) in [5.74, 6) is 3.22. The molecule has 5 heteroatoms. The maximum atomic E-state index is 12.4. The van der Waals surface area contributed by atoms with Crippen molar-refractivity contribution in [1.82, 2.24) is 10.2 Å². The fourth-order valence-corrected chi connectivity index (χ4v) is 4.82. The molecule has 2 saturated heterocycles. The molecular weight excluding hydrogens is 272 g/mol. The van der Waals surface area contributed by atoms with Crippen molar-refractivity contribution in [1.29, 1.82) is 0 Å². The molecule has 0 aromatic heterocycles. The molecule has 2 aliphatic heterocycles. The van der Waals surface area contributed by atoms with Crippen LogP contribution >= 0.6 is 11.8 Å². The second-order valence-corrected chi connectivity index (χ2v) is 7.49. The van der Waals surface area contributed by atoms with Crippen molar-refractivity contribution < 1.29 is 9.59 Å². The molecule has 20 heavy (non-hydrogen) atoms. The predicted molar refractivity (Wildman–Crippen MR) is 80.6 cm³/mol. The van der Waals surface area contributed by atoms with E-state index in [1.54, 1.807) is 4.90 Å². The number of hydrogen-bond acceptors (Lipinski definition) is 4. The molecule has 112 valence electrons. The third kappa shape index (κ3) is 3.03. The fourth-order valence-electron chi connectivity index (χ4n) is 3.62. The molecular formula is C15H24N2O2S. The minimum absolute atomic E-state index is 0.0343. The standard InChI is InChI=1S/C15H24N2O2S/c18-14-9-13(16-10-11-5-7-20-8-6-11)15(19)17(14)12-3-1-2-4-12/h11-13,16H,1-10H2. The molecule has 3 fully saturated rings. The molecule has 2 heterocycles. The van der Waals surface area contributed by atoms with Gasteiger partial charge in [-0.05, 0) is 49.7 Å². The first-order valence-electron chi connectivity index (χ1n) is 7.92. The molecule has 0 bridgehead atoms. The molecule has 1 aliphatic carbocycles. The summed E-state index contributed by atoms with van der Waals surface area (Å²) < 4.78 is 0. The highest BCUT2D eigenvalue weighted by Crippen LogP contribution is 2.28. The zero-order valence-electron chi connectivity index (χ0n) is 12.0.